The summed E-state index contributed by atoms with van der Waals surface area (Å²) in [5.41, 5.74) is 0.884. The fourth-order valence-corrected chi connectivity index (χ4v) is 1.86. The van der Waals surface area contributed by atoms with Crippen molar-refractivity contribution >= 4 is 17.5 Å². The Bertz CT molecular complexity index is 666. The number of nitrogens with one attached hydrogen (secondary N) is 1. The van der Waals surface area contributed by atoms with Crippen molar-refractivity contribution in [1.29, 1.82) is 0 Å². The molecule has 0 aliphatic carbocycles. The molecule has 0 saturated heterocycles. The van der Waals surface area contributed by atoms with Crippen LogP contribution in [0.15, 0.2) is 30.3 Å². The molecule has 21 heavy (non-hydrogen) atoms. The van der Waals surface area contributed by atoms with E-state index in [1.165, 1.54) is 24.3 Å². The van der Waals surface area contributed by atoms with Crippen LogP contribution in [0.3, 0.4) is 0 Å². The standard InChI is InChI=1S/C14H13ClFN3O2/c1-8(7-20)17-13(21)12-6-11(18-14(15)19-12)9-3-2-4-10(16)5-9/h2-6,8,20H,7H2,1H3,(H,17,21)/t8-/m0/s1. The van der Waals surface area contributed by atoms with E-state index in [4.69, 9.17) is 16.7 Å². The molecule has 0 aliphatic heterocycles. The fraction of sp³-hybridized carbons (Fsp3) is 0.214. The molecule has 0 bridgehead atoms. The summed E-state index contributed by atoms with van der Waals surface area (Å²) in [6, 6.07) is 6.79. The van der Waals surface area contributed by atoms with E-state index in [1.54, 1.807) is 13.0 Å². The number of benzene rings is 1. The highest BCUT2D eigenvalue weighted by Gasteiger charge is 2.14. The topological polar surface area (TPSA) is 75.1 Å². The van der Waals surface area contributed by atoms with Gasteiger partial charge in [0.1, 0.15) is 11.5 Å². The molecule has 2 N–H and O–H groups in total. The van der Waals surface area contributed by atoms with E-state index in [9.17, 15) is 9.18 Å². The van der Waals surface area contributed by atoms with Crippen LogP contribution in [0.5, 0.6) is 0 Å². The first kappa shape index (κ1) is 15.3. The Morgan fingerprint density at radius 2 is 2.19 bits per heavy atom. The smallest absolute Gasteiger partial charge is 0.270 e. The van der Waals surface area contributed by atoms with Crippen LogP contribution >= 0.6 is 11.6 Å². The van der Waals surface area contributed by atoms with Gasteiger partial charge in [0.2, 0.25) is 5.28 Å². The van der Waals surface area contributed by atoms with Crippen molar-refractivity contribution in [2.24, 2.45) is 0 Å². The third kappa shape index (κ3) is 3.96. The van der Waals surface area contributed by atoms with Gasteiger partial charge in [0.05, 0.1) is 12.3 Å². The molecule has 1 atom stereocenters. The maximum absolute atomic E-state index is 13.2. The molecule has 0 radical (unpaired) electrons. The first-order chi connectivity index (χ1) is 9.99. The number of carbonyl (C=O) groups is 1. The first-order valence-electron chi connectivity index (χ1n) is 6.22. The van der Waals surface area contributed by atoms with Gasteiger partial charge in [0.15, 0.2) is 0 Å². The second kappa shape index (κ2) is 6.60. The molecule has 2 rings (SSSR count). The number of carbonyl (C=O) groups excluding carboxylic acids is 1. The second-order valence-corrected chi connectivity index (χ2v) is 4.81. The average molecular weight is 310 g/mol. The normalized spacial score (nSPS) is 12.0. The zero-order valence-corrected chi connectivity index (χ0v) is 11.9. The molecular weight excluding hydrogens is 297 g/mol. The Labute approximate surface area is 125 Å². The largest absolute Gasteiger partial charge is 0.394 e. The molecule has 1 aromatic heterocycles. The van der Waals surface area contributed by atoms with Crippen molar-refractivity contribution in [3.05, 3.63) is 47.1 Å². The van der Waals surface area contributed by atoms with Gasteiger partial charge in [-0.05, 0) is 36.7 Å². The van der Waals surface area contributed by atoms with E-state index in [-0.39, 0.29) is 17.6 Å². The van der Waals surface area contributed by atoms with E-state index in [0.717, 1.165) is 0 Å². The summed E-state index contributed by atoms with van der Waals surface area (Å²) in [4.78, 5) is 19.8. The van der Waals surface area contributed by atoms with E-state index < -0.39 is 17.8 Å². The minimum absolute atomic E-state index is 0.0505. The number of hydrogen-bond donors (Lipinski definition) is 2. The van der Waals surface area contributed by atoms with Crippen molar-refractivity contribution in [1.82, 2.24) is 15.3 Å². The third-order valence-electron chi connectivity index (χ3n) is 2.70. The number of hydrogen-bond acceptors (Lipinski definition) is 4. The minimum atomic E-state index is -0.487. The van der Waals surface area contributed by atoms with Crippen molar-refractivity contribution in [3.63, 3.8) is 0 Å². The summed E-state index contributed by atoms with van der Waals surface area (Å²) in [6.45, 7) is 1.45. The van der Waals surface area contributed by atoms with E-state index >= 15 is 0 Å². The molecule has 7 heteroatoms. The zero-order chi connectivity index (χ0) is 15.4. The monoisotopic (exact) mass is 309 g/mol. The number of aliphatic hydroxyl groups is 1. The van der Waals surface area contributed by atoms with Crippen LogP contribution in [0.4, 0.5) is 4.39 Å². The van der Waals surface area contributed by atoms with Gasteiger partial charge in [0, 0.05) is 11.6 Å². The number of nitrogens with zero attached hydrogens (tertiary/aromatic N) is 2. The predicted molar refractivity (Wildman–Crippen MR) is 76.5 cm³/mol. The fourth-order valence-electron chi connectivity index (χ4n) is 1.67. The summed E-state index contributed by atoms with van der Waals surface area (Å²) in [7, 11) is 0. The van der Waals surface area contributed by atoms with Crippen LogP contribution in [0.25, 0.3) is 11.3 Å². The van der Waals surface area contributed by atoms with Crippen LogP contribution in [-0.2, 0) is 0 Å². The van der Waals surface area contributed by atoms with Gasteiger partial charge in [-0.25, -0.2) is 14.4 Å². The van der Waals surface area contributed by atoms with Gasteiger partial charge in [-0.1, -0.05) is 12.1 Å². The van der Waals surface area contributed by atoms with Gasteiger partial charge in [-0.15, -0.1) is 0 Å². The van der Waals surface area contributed by atoms with Gasteiger partial charge in [-0.3, -0.25) is 4.79 Å². The van der Waals surface area contributed by atoms with Gasteiger partial charge < -0.3 is 10.4 Å². The number of rotatable bonds is 4. The minimum Gasteiger partial charge on any atom is -0.394 e. The Balaban J connectivity index is 2.35. The molecule has 0 saturated carbocycles. The zero-order valence-electron chi connectivity index (χ0n) is 11.2. The molecule has 0 unspecified atom stereocenters. The van der Waals surface area contributed by atoms with E-state index in [2.05, 4.69) is 15.3 Å². The molecule has 2 aromatic rings. The second-order valence-electron chi connectivity index (χ2n) is 4.47. The SMILES string of the molecule is C[C@@H](CO)NC(=O)c1cc(-c2cccc(F)c2)nc(Cl)n1. The summed E-state index contributed by atoms with van der Waals surface area (Å²) < 4.78 is 13.2. The van der Waals surface area contributed by atoms with Gasteiger partial charge in [0.25, 0.3) is 5.91 Å². The Morgan fingerprint density at radius 3 is 2.86 bits per heavy atom. The van der Waals surface area contributed by atoms with Gasteiger partial charge in [-0.2, -0.15) is 0 Å². The lowest BCUT2D eigenvalue weighted by molar-refractivity contribution is 0.0917. The lowest BCUT2D eigenvalue weighted by atomic mass is 10.1. The third-order valence-corrected chi connectivity index (χ3v) is 2.87. The molecule has 1 heterocycles. The van der Waals surface area contributed by atoms with Crippen molar-refractivity contribution in [2.45, 2.75) is 13.0 Å². The quantitative estimate of drug-likeness (QED) is 0.848. The highest BCUT2D eigenvalue weighted by atomic mass is 35.5. The number of amides is 1. The van der Waals surface area contributed by atoms with Gasteiger partial charge >= 0.3 is 0 Å². The summed E-state index contributed by atoms with van der Waals surface area (Å²) in [5, 5.41) is 11.4. The van der Waals surface area contributed by atoms with Crippen LogP contribution in [0, 0.1) is 5.82 Å². The van der Waals surface area contributed by atoms with Crippen molar-refractivity contribution in [3.8, 4) is 11.3 Å². The Kier molecular flexibility index (Phi) is 4.82. The molecule has 5 nitrogen and oxygen atoms in total. The van der Waals surface area contributed by atoms with E-state index in [0.29, 0.717) is 11.3 Å². The molecule has 110 valence electrons. The molecule has 0 spiro atoms. The average Bonchev–Trinajstić information content (AvgIpc) is 2.46. The molecule has 1 aromatic carbocycles. The highest BCUT2D eigenvalue weighted by Crippen LogP contribution is 2.20. The van der Waals surface area contributed by atoms with Crippen LogP contribution in [0.2, 0.25) is 5.28 Å². The van der Waals surface area contributed by atoms with Crippen LogP contribution in [-0.4, -0.2) is 33.6 Å². The lowest BCUT2D eigenvalue weighted by Crippen LogP contribution is -2.35. The number of aliphatic hydroxyl groups excluding tert-OH is 1. The highest BCUT2D eigenvalue weighted by molar-refractivity contribution is 6.28. The summed E-state index contributed by atoms with van der Waals surface area (Å²) in [5.74, 6) is -0.902. The lowest BCUT2D eigenvalue weighted by Gasteiger charge is -2.11. The molecule has 0 aliphatic rings. The van der Waals surface area contributed by atoms with Crippen molar-refractivity contribution in [2.75, 3.05) is 6.61 Å². The summed E-state index contributed by atoms with van der Waals surface area (Å²) >= 11 is 5.81. The molecule has 1 amide bonds. The predicted octanol–water partition coefficient (Wildman–Crippen LogP) is 2.05. The number of aromatic nitrogens is 2. The van der Waals surface area contributed by atoms with Crippen LogP contribution < -0.4 is 5.32 Å². The Morgan fingerprint density at radius 1 is 1.43 bits per heavy atom. The van der Waals surface area contributed by atoms with Crippen LogP contribution in [0.1, 0.15) is 17.4 Å². The first-order valence-corrected chi connectivity index (χ1v) is 6.59. The van der Waals surface area contributed by atoms with Crippen molar-refractivity contribution < 1.29 is 14.3 Å². The molecular formula is C14H13ClFN3O2. The maximum atomic E-state index is 13.2. The Hall–Kier alpha value is -2.05. The maximum Gasteiger partial charge on any atom is 0.270 e. The molecule has 0 fully saturated rings. The summed E-state index contributed by atoms with van der Waals surface area (Å²) in [6.07, 6.45) is 0. The van der Waals surface area contributed by atoms with E-state index in [1.807, 2.05) is 0 Å². The number of halogens is 2.